The summed E-state index contributed by atoms with van der Waals surface area (Å²) in [5.74, 6) is 6.30. The van der Waals surface area contributed by atoms with Gasteiger partial charge in [-0.05, 0) is 104 Å². The van der Waals surface area contributed by atoms with Crippen LogP contribution in [0.15, 0.2) is 0 Å². The monoisotopic (exact) mass is 453 g/mol. The maximum atomic E-state index is 4.76. The van der Waals surface area contributed by atoms with Crippen molar-refractivity contribution in [3.05, 3.63) is 0 Å². The van der Waals surface area contributed by atoms with Crippen LogP contribution >= 0.6 is 11.9 Å². The molecule has 0 aromatic rings. The SMILES string of the molecule is CC.CC.CCC[C@@H](C)[C@H]1CCC2C1CCC1C3(C)CCCCC3CCC21C.CSN. The van der Waals surface area contributed by atoms with Gasteiger partial charge in [0.15, 0.2) is 0 Å². The predicted octanol–water partition coefficient (Wildman–Crippen LogP) is 9.75. The summed E-state index contributed by atoms with van der Waals surface area (Å²) < 4.78 is 0. The van der Waals surface area contributed by atoms with Gasteiger partial charge >= 0.3 is 0 Å². The lowest BCUT2D eigenvalue weighted by Crippen LogP contribution is -2.55. The minimum Gasteiger partial charge on any atom is -0.278 e. The molecular weight excluding hydrogens is 394 g/mol. The van der Waals surface area contributed by atoms with Gasteiger partial charge in [-0.15, -0.1) is 0 Å². The van der Waals surface area contributed by atoms with Gasteiger partial charge in [0.2, 0.25) is 0 Å². The van der Waals surface area contributed by atoms with Gasteiger partial charge in [0.05, 0.1) is 0 Å². The largest absolute Gasteiger partial charge is 0.278 e. The van der Waals surface area contributed by atoms with Crippen LogP contribution in [0.5, 0.6) is 0 Å². The molecule has 6 unspecified atom stereocenters. The molecule has 4 aliphatic carbocycles. The van der Waals surface area contributed by atoms with Gasteiger partial charge in [-0.25, -0.2) is 0 Å². The zero-order valence-corrected chi connectivity index (χ0v) is 23.8. The van der Waals surface area contributed by atoms with Crippen LogP contribution in [-0.2, 0) is 0 Å². The van der Waals surface area contributed by atoms with Crippen LogP contribution in [0.4, 0.5) is 0 Å². The molecule has 0 saturated heterocycles. The van der Waals surface area contributed by atoms with Crippen molar-refractivity contribution >= 4 is 11.9 Å². The number of nitrogens with two attached hydrogens (primary N) is 1. The van der Waals surface area contributed by atoms with E-state index in [2.05, 4.69) is 27.7 Å². The highest BCUT2D eigenvalue weighted by Gasteiger charge is 2.61. The third kappa shape index (κ3) is 6.06. The smallest absolute Gasteiger partial charge is 0.00394 e. The van der Waals surface area contributed by atoms with Crippen molar-refractivity contribution in [1.82, 2.24) is 0 Å². The Labute approximate surface area is 202 Å². The number of hydrogen-bond donors (Lipinski definition) is 1. The molecule has 0 aliphatic heterocycles. The number of rotatable bonds is 3. The van der Waals surface area contributed by atoms with Crippen LogP contribution in [0, 0.1) is 46.3 Å². The molecule has 31 heavy (non-hydrogen) atoms. The average molecular weight is 454 g/mol. The molecule has 4 saturated carbocycles. The Hall–Kier alpha value is 0.310. The second-order valence-corrected chi connectivity index (χ2v) is 11.6. The quantitative estimate of drug-likeness (QED) is 0.430. The first kappa shape index (κ1) is 29.3. The molecule has 0 amide bonds. The zero-order chi connectivity index (χ0) is 23.7. The summed E-state index contributed by atoms with van der Waals surface area (Å²) >= 11 is 1.25. The highest BCUT2D eigenvalue weighted by Crippen LogP contribution is 2.69. The van der Waals surface area contributed by atoms with Gasteiger partial charge in [-0.2, -0.15) is 0 Å². The molecule has 0 radical (unpaired) electrons. The third-order valence-electron chi connectivity index (χ3n) is 10.1. The van der Waals surface area contributed by atoms with Crippen molar-refractivity contribution in [3.8, 4) is 0 Å². The fourth-order valence-corrected chi connectivity index (χ4v) is 8.95. The average Bonchev–Trinajstić information content (AvgIpc) is 3.22. The first-order chi connectivity index (χ1) is 14.9. The number of hydrogen-bond acceptors (Lipinski definition) is 2. The van der Waals surface area contributed by atoms with Crippen molar-refractivity contribution < 1.29 is 0 Å². The summed E-state index contributed by atoms with van der Waals surface area (Å²) in [6.07, 6.45) is 20.2. The molecule has 0 spiro atoms. The molecule has 2 N–H and O–H groups in total. The van der Waals surface area contributed by atoms with E-state index in [-0.39, 0.29) is 0 Å². The Balaban J connectivity index is 0.000000620. The molecule has 0 aromatic carbocycles. The van der Waals surface area contributed by atoms with E-state index in [9.17, 15) is 0 Å². The molecule has 4 fully saturated rings. The van der Waals surface area contributed by atoms with Gasteiger partial charge in [-0.1, -0.05) is 93.0 Å². The van der Waals surface area contributed by atoms with Crippen LogP contribution < -0.4 is 5.14 Å². The lowest BCUT2D eigenvalue weighted by Gasteiger charge is -2.63. The van der Waals surface area contributed by atoms with E-state index in [0.717, 1.165) is 35.5 Å². The summed E-state index contributed by atoms with van der Waals surface area (Å²) in [5, 5.41) is 4.76. The van der Waals surface area contributed by atoms with E-state index in [0.29, 0.717) is 10.8 Å². The summed E-state index contributed by atoms with van der Waals surface area (Å²) in [7, 11) is 0. The van der Waals surface area contributed by atoms with Crippen LogP contribution in [0.1, 0.15) is 132 Å². The standard InChI is InChI=1S/C24H42.2C2H6.CH5NS/c1-5-8-17(2)19-10-12-21-20(19)11-13-22-23(3)15-7-6-9-18(23)14-16-24(21,22)4;2*1-2;1-3-2/h17-22H,5-16H2,1-4H3;2*1-2H3;2H2,1H3/t17-,18?,19-,20?,21?,22?,23?,24?;;;/m1.../s1. The Morgan fingerprint density at radius 1 is 0.871 bits per heavy atom. The maximum Gasteiger partial charge on any atom is -0.00394 e. The Kier molecular flexibility index (Phi) is 13.1. The van der Waals surface area contributed by atoms with Gasteiger partial charge in [0.1, 0.15) is 0 Å². The molecule has 186 valence electrons. The lowest BCUT2D eigenvalue weighted by molar-refractivity contribution is -0.143. The fraction of sp³-hybridized carbons (Fsp3) is 1.00. The molecule has 1 nitrogen and oxygen atoms in total. The Bertz CT molecular complexity index is 479. The normalized spacial score (nSPS) is 41.4. The molecule has 4 rings (SSSR count). The first-order valence-electron chi connectivity index (χ1n) is 14.1. The van der Waals surface area contributed by atoms with E-state index < -0.39 is 0 Å². The highest BCUT2D eigenvalue weighted by molar-refractivity contribution is 7.96. The predicted molar refractivity (Wildman–Crippen MR) is 144 cm³/mol. The molecule has 0 aromatic heterocycles. The van der Waals surface area contributed by atoms with Crippen LogP contribution in [0.25, 0.3) is 0 Å². The van der Waals surface area contributed by atoms with Crippen molar-refractivity contribution in [2.45, 2.75) is 132 Å². The van der Waals surface area contributed by atoms with Gasteiger partial charge < -0.3 is 0 Å². The summed E-state index contributed by atoms with van der Waals surface area (Å²) in [4.78, 5) is 0. The summed E-state index contributed by atoms with van der Waals surface area (Å²) in [6.45, 7) is 18.4. The Morgan fingerprint density at radius 3 is 2.13 bits per heavy atom. The van der Waals surface area contributed by atoms with Crippen LogP contribution in [0.3, 0.4) is 0 Å². The van der Waals surface area contributed by atoms with Crippen LogP contribution in [0.2, 0.25) is 0 Å². The molecule has 0 bridgehead atoms. The molecule has 2 heteroatoms. The third-order valence-corrected chi connectivity index (χ3v) is 10.1. The van der Waals surface area contributed by atoms with E-state index in [1.165, 1.54) is 37.6 Å². The topological polar surface area (TPSA) is 26.0 Å². The van der Waals surface area contributed by atoms with Crippen molar-refractivity contribution in [2.24, 2.45) is 51.5 Å². The van der Waals surface area contributed by atoms with Crippen molar-refractivity contribution in [1.29, 1.82) is 0 Å². The van der Waals surface area contributed by atoms with Crippen molar-refractivity contribution in [3.63, 3.8) is 0 Å². The first-order valence-corrected chi connectivity index (χ1v) is 15.4. The molecule has 8 atom stereocenters. The highest BCUT2D eigenvalue weighted by atomic mass is 32.2. The molecule has 0 heterocycles. The van der Waals surface area contributed by atoms with E-state index >= 15 is 0 Å². The molecule has 4 aliphatic rings. The minimum absolute atomic E-state index is 0.687. The Morgan fingerprint density at radius 2 is 1.52 bits per heavy atom. The van der Waals surface area contributed by atoms with Gasteiger partial charge in [0.25, 0.3) is 0 Å². The second kappa shape index (κ2) is 13.9. The zero-order valence-electron chi connectivity index (χ0n) is 22.9. The minimum atomic E-state index is 0.687. The summed E-state index contributed by atoms with van der Waals surface area (Å²) in [5.41, 5.74) is 1.38. The van der Waals surface area contributed by atoms with Crippen LogP contribution in [-0.4, -0.2) is 6.26 Å². The fourth-order valence-electron chi connectivity index (χ4n) is 8.95. The number of fused-ring (bicyclic) bond motifs is 5. The van der Waals surface area contributed by atoms with Crippen molar-refractivity contribution in [2.75, 3.05) is 6.26 Å². The van der Waals surface area contributed by atoms with Gasteiger partial charge in [-0.3, -0.25) is 5.14 Å². The second-order valence-electron chi connectivity index (χ2n) is 11.1. The lowest BCUT2D eigenvalue weighted by atomic mass is 9.41. The van der Waals surface area contributed by atoms with E-state index in [1.54, 1.807) is 51.4 Å². The van der Waals surface area contributed by atoms with E-state index in [1.807, 2.05) is 34.0 Å². The summed E-state index contributed by atoms with van der Waals surface area (Å²) in [6, 6.07) is 0. The molecular formula is C29H59NS. The maximum absolute atomic E-state index is 4.76. The van der Waals surface area contributed by atoms with E-state index in [4.69, 9.17) is 5.14 Å². The van der Waals surface area contributed by atoms with Gasteiger partial charge in [0, 0.05) is 0 Å².